The molecule has 0 radical (unpaired) electrons. The highest BCUT2D eigenvalue weighted by Crippen LogP contribution is 2.21. The lowest BCUT2D eigenvalue weighted by Gasteiger charge is -2.28. The van der Waals surface area contributed by atoms with Crippen LogP contribution in [0.3, 0.4) is 0 Å². The van der Waals surface area contributed by atoms with Gasteiger partial charge < -0.3 is 20.7 Å². The average Bonchev–Trinajstić information content (AvgIpc) is 2.62. The van der Waals surface area contributed by atoms with E-state index >= 15 is 0 Å². The van der Waals surface area contributed by atoms with Gasteiger partial charge in [-0.05, 0) is 18.3 Å². The van der Waals surface area contributed by atoms with Crippen LogP contribution in [0.25, 0.3) is 0 Å². The molecule has 0 aliphatic heterocycles. The largest absolute Gasteiger partial charge is 0.475 e. The topological polar surface area (TPSA) is 116 Å². The minimum Gasteiger partial charge on any atom is -0.426 e. The zero-order valence-electron chi connectivity index (χ0n) is 16.6. The van der Waals surface area contributed by atoms with Crippen molar-refractivity contribution < 1.29 is 24.4 Å². The number of ketones is 2. The number of benzene rings is 1. The zero-order valence-corrected chi connectivity index (χ0v) is 16.6. The quantitative estimate of drug-likeness (QED) is 0.498. The Hall–Kier alpha value is -2.45. The number of rotatable bonds is 8. The molecule has 8 heteroatoms. The van der Waals surface area contributed by atoms with E-state index in [-0.39, 0.29) is 29.1 Å². The first-order chi connectivity index (χ1) is 13.1. The van der Waals surface area contributed by atoms with Gasteiger partial charge >= 0.3 is 7.12 Å². The number of carbonyl (C=O) groups is 3. The molecular weight excluding hydrogens is 359 g/mol. The van der Waals surface area contributed by atoms with Crippen molar-refractivity contribution in [3.63, 3.8) is 0 Å². The highest BCUT2D eigenvalue weighted by atomic mass is 16.4. The Kier molecular flexibility index (Phi) is 7.15. The van der Waals surface area contributed by atoms with E-state index in [9.17, 15) is 24.4 Å². The molecule has 1 aromatic carbocycles. The van der Waals surface area contributed by atoms with Crippen LogP contribution in [0.5, 0.6) is 0 Å². The van der Waals surface area contributed by atoms with E-state index in [1.54, 1.807) is 38.1 Å². The van der Waals surface area contributed by atoms with Crippen LogP contribution in [0.4, 0.5) is 0 Å². The summed E-state index contributed by atoms with van der Waals surface area (Å²) in [6.07, 6.45) is 1.60. The third kappa shape index (κ3) is 5.08. The molecule has 2 rings (SSSR count). The summed E-state index contributed by atoms with van der Waals surface area (Å²) >= 11 is 0. The maximum atomic E-state index is 12.8. The van der Waals surface area contributed by atoms with Crippen LogP contribution in [0.15, 0.2) is 36.0 Å². The van der Waals surface area contributed by atoms with Gasteiger partial charge in [0.25, 0.3) is 0 Å². The van der Waals surface area contributed by atoms with Crippen molar-refractivity contribution in [2.75, 3.05) is 0 Å². The summed E-state index contributed by atoms with van der Waals surface area (Å²) in [4.78, 5) is 37.8. The summed E-state index contributed by atoms with van der Waals surface area (Å²) in [5.74, 6) is -2.01. The molecule has 0 fully saturated rings. The van der Waals surface area contributed by atoms with E-state index in [0.717, 1.165) is 0 Å². The lowest BCUT2D eigenvalue weighted by Crippen LogP contribution is -2.55. The fraction of sp³-hybridized carbons (Fsp3) is 0.450. The van der Waals surface area contributed by atoms with Crippen molar-refractivity contribution >= 4 is 24.6 Å². The molecule has 1 amide bonds. The van der Waals surface area contributed by atoms with Crippen molar-refractivity contribution in [3.8, 4) is 0 Å². The lowest BCUT2D eigenvalue weighted by molar-refractivity contribution is -0.124. The molecule has 150 valence electrons. The minimum atomic E-state index is -1.69. The smallest absolute Gasteiger partial charge is 0.426 e. The number of carbonyl (C=O) groups excluding carboxylic acids is 3. The minimum absolute atomic E-state index is 0.0579. The van der Waals surface area contributed by atoms with E-state index in [4.69, 9.17) is 0 Å². The molecule has 1 aliphatic carbocycles. The van der Waals surface area contributed by atoms with Gasteiger partial charge in [0.1, 0.15) is 6.04 Å². The van der Waals surface area contributed by atoms with Crippen LogP contribution in [-0.2, 0) is 4.79 Å². The van der Waals surface area contributed by atoms with Gasteiger partial charge in [0.2, 0.25) is 11.7 Å². The number of amides is 1. The van der Waals surface area contributed by atoms with E-state index in [1.165, 1.54) is 6.08 Å². The second-order valence-corrected chi connectivity index (χ2v) is 7.82. The SMILES string of the molecule is CC(C)C[C@H](NC(=O)[C@@H](NC1=CC(=O)c2ccccc2C1=O)C(C)C)B(O)O. The van der Waals surface area contributed by atoms with Gasteiger partial charge in [0.15, 0.2) is 5.78 Å². The monoisotopic (exact) mass is 386 g/mol. The van der Waals surface area contributed by atoms with Gasteiger partial charge in [0, 0.05) is 17.2 Å². The number of hydrogen-bond donors (Lipinski definition) is 4. The van der Waals surface area contributed by atoms with Crippen molar-refractivity contribution in [1.29, 1.82) is 0 Å². The van der Waals surface area contributed by atoms with Gasteiger partial charge in [-0.3, -0.25) is 14.4 Å². The maximum absolute atomic E-state index is 12.8. The van der Waals surface area contributed by atoms with Crippen molar-refractivity contribution in [1.82, 2.24) is 10.6 Å². The van der Waals surface area contributed by atoms with Crippen LogP contribution < -0.4 is 10.6 Å². The maximum Gasteiger partial charge on any atom is 0.475 e. The first-order valence-electron chi connectivity index (χ1n) is 9.44. The van der Waals surface area contributed by atoms with Gasteiger partial charge in [-0.25, -0.2) is 0 Å². The molecule has 0 unspecified atom stereocenters. The zero-order chi connectivity index (χ0) is 21.0. The fourth-order valence-corrected chi connectivity index (χ4v) is 3.16. The van der Waals surface area contributed by atoms with Gasteiger partial charge in [0.05, 0.1) is 11.6 Å². The van der Waals surface area contributed by atoms with Crippen molar-refractivity contribution in [2.45, 2.75) is 46.1 Å². The van der Waals surface area contributed by atoms with E-state index < -0.39 is 25.0 Å². The first-order valence-corrected chi connectivity index (χ1v) is 9.44. The Balaban J connectivity index is 2.20. The summed E-state index contributed by atoms with van der Waals surface area (Å²) in [5.41, 5.74) is 0.690. The van der Waals surface area contributed by atoms with E-state index in [2.05, 4.69) is 10.6 Å². The third-order valence-electron chi connectivity index (χ3n) is 4.63. The third-order valence-corrected chi connectivity index (χ3v) is 4.63. The Morgan fingerprint density at radius 3 is 2.21 bits per heavy atom. The van der Waals surface area contributed by atoms with Crippen molar-refractivity contribution in [3.05, 3.63) is 47.2 Å². The number of Topliss-reactive ketones (excluding diaryl/α,β-unsaturated/α-hetero) is 1. The van der Waals surface area contributed by atoms with E-state index in [0.29, 0.717) is 17.5 Å². The molecule has 0 spiro atoms. The number of fused-ring (bicyclic) bond motifs is 1. The molecule has 28 heavy (non-hydrogen) atoms. The molecule has 7 nitrogen and oxygen atoms in total. The van der Waals surface area contributed by atoms with Crippen molar-refractivity contribution in [2.24, 2.45) is 11.8 Å². The standard InChI is InChI=1S/C20H27BN2O5/c1-11(2)9-17(21(27)28)23-20(26)18(12(3)4)22-15-10-16(24)13-7-5-6-8-14(13)19(15)25/h5-8,10-12,17-18,22,27-28H,9H2,1-4H3,(H,23,26)/t17-,18-/m0/s1. The Bertz CT molecular complexity index is 789. The second kappa shape index (κ2) is 9.17. The first kappa shape index (κ1) is 21.9. The molecule has 0 aromatic heterocycles. The number of nitrogens with one attached hydrogen (secondary N) is 2. The number of hydrogen-bond acceptors (Lipinski definition) is 6. The van der Waals surface area contributed by atoms with Crippen LogP contribution in [-0.4, -0.2) is 46.6 Å². The second-order valence-electron chi connectivity index (χ2n) is 7.82. The van der Waals surface area contributed by atoms with Crippen LogP contribution in [0.2, 0.25) is 0 Å². The Morgan fingerprint density at radius 1 is 1.07 bits per heavy atom. The lowest BCUT2D eigenvalue weighted by atomic mass is 9.75. The molecule has 1 aliphatic rings. The summed E-state index contributed by atoms with van der Waals surface area (Å²) < 4.78 is 0. The molecule has 1 aromatic rings. The van der Waals surface area contributed by atoms with E-state index in [1.807, 2.05) is 13.8 Å². The Morgan fingerprint density at radius 2 is 1.68 bits per heavy atom. The highest BCUT2D eigenvalue weighted by Gasteiger charge is 2.33. The van der Waals surface area contributed by atoms with Gasteiger partial charge in [-0.2, -0.15) is 0 Å². The normalized spacial score (nSPS) is 15.8. The molecule has 0 saturated heterocycles. The predicted molar refractivity (Wildman–Crippen MR) is 107 cm³/mol. The summed E-state index contributed by atoms with van der Waals surface area (Å²) in [7, 11) is -1.69. The number of allylic oxidation sites excluding steroid dienone is 2. The molecular formula is C20H27BN2O5. The molecule has 0 saturated carbocycles. The fourth-order valence-electron chi connectivity index (χ4n) is 3.16. The summed E-state index contributed by atoms with van der Waals surface area (Å²) in [5, 5.41) is 24.6. The Labute approximate surface area is 165 Å². The van der Waals surface area contributed by atoms with Crippen LogP contribution >= 0.6 is 0 Å². The molecule has 0 bridgehead atoms. The molecule has 4 N–H and O–H groups in total. The summed E-state index contributed by atoms with van der Waals surface area (Å²) in [6.45, 7) is 7.42. The molecule has 0 heterocycles. The van der Waals surface area contributed by atoms with Gasteiger partial charge in [-0.1, -0.05) is 52.0 Å². The summed E-state index contributed by atoms with van der Waals surface area (Å²) in [6, 6.07) is 5.72. The van der Waals surface area contributed by atoms with Gasteiger partial charge in [-0.15, -0.1) is 0 Å². The van der Waals surface area contributed by atoms with Crippen LogP contribution in [0.1, 0.15) is 54.8 Å². The average molecular weight is 386 g/mol. The van der Waals surface area contributed by atoms with Crippen LogP contribution in [0, 0.1) is 11.8 Å². The highest BCUT2D eigenvalue weighted by molar-refractivity contribution is 6.43. The molecule has 2 atom stereocenters. The predicted octanol–water partition coefficient (Wildman–Crippen LogP) is 1.11.